The molecule has 0 unspecified atom stereocenters. The summed E-state index contributed by atoms with van der Waals surface area (Å²) in [5.41, 5.74) is 3.84. The highest BCUT2D eigenvalue weighted by Gasteiger charge is 2.18. The van der Waals surface area contributed by atoms with Gasteiger partial charge in [-0.1, -0.05) is 77.6 Å². The van der Waals surface area contributed by atoms with Gasteiger partial charge in [0.25, 0.3) is 0 Å². The smallest absolute Gasteiger partial charge is 0.240 e. The van der Waals surface area contributed by atoms with Crippen LogP contribution in [0.15, 0.2) is 76.4 Å². The van der Waals surface area contributed by atoms with Crippen molar-refractivity contribution >= 4 is 11.8 Å². The van der Waals surface area contributed by atoms with Gasteiger partial charge in [0.05, 0.1) is 10.9 Å². The molecule has 6 heteroatoms. The molecule has 2 aromatic heterocycles. The number of aromatic nitrogens is 4. The summed E-state index contributed by atoms with van der Waals surface area (Å²) in [7, 11) is 0. The van der Waals surface area contributed by atoms with E-state index >= 15 is 0 Å². The Morgan fingerprint density at radius 2 is 1.52 bits per heavy atom. The van der Waals surface area contributed by atoms with Gasteiger partial charge in [-0.05, 0) is 19.9 Å². The Kier molecular flexibility index (Phi) is 4.98. The minimum Gasteiger partial charge on any atom is -0.338 e. The third-order valence-electron chi connectivity index (χ3n) is 4.01. The Balaban J connectivity index is 1.56. The van der Waals surface area contributed by atoms with Gasteiger partial charge >= 0.3 is 0 Å². The number of aryl methyl sites for hydroxylation is 1. The van der Waals surface area contributed by atoms with Crippen LogP contribution in [0.5, 0.6) is 0 Å². The molecule has 0 fully saturated rings. The molecule has 4 rings (SSSR count). The van der Waals surface area contributed by atoms with E-state index in [0.717, 1.165) is 22.5 Å². The Morgan fingerprint density at radius 3 is 2.22 bits per heavy atom. The van der Waals surface area contributed by atoms with Crippen LogP contribution >= 0.6 is 11.8 Å². The zero-order valence-electron chi connectivity index (χ0n) is 15.0. The maximum Gasteiger partial charge on any atom is 0.240 e. The molecular formula is C21H18N4OS. The lowest BCUT2D eigenvalue weighted by atomic mass is 10.1. The number of nitrogens with zero attached hydrogens (tertiary/aromatic N) is 4. The van der Waals surface area contributed by atoms with Crippen molar-refractivity contribution < 1.29 is 4.52 Å². The highest BCUT2D eigenvalue weighted by Crippen LogP contribution is 2.33. The molecule has 0 amide bonds. The Labute approximate surface area is 161 Å². The normalized spacial score (nSPS) is 12.1. The van der Waals surface area contributed by atoms with Crippen LogP contribution in [0.3, 0.4) is 0 Å². The maximum absolute atomic E-state index is 5.46. The molecule has 0 spiro atoms. The molecule has 0 saturated carbocycles. The topological polar surface area (TPSA) is 64.7 Å². The van der Waals surface area contributed by atoms with Gasteiger partial charge < -0.3 is 4.52 Å². The average molecular weight is 374 g/mol. The van der Waals surface area contributed by atoms with Gasteiger partial charge in [0.15, 0.2) is 5.16 Å². The first-order chi connectivity index (χ1) is 13.2. The number of benzene rings is 2. The van der Waals surface area contributed by atoms with Crippen LogP contribution in [0.2, 0.25) is 0 Å². The SMILES string of the molecule is Cc1cc(-c2ccccc2)nc(S[C@@H](C)c2nc(-c3ccccc3)no2)n1. The lowest BCUT2D eigenvalue weighted by Crippen LogP contribution is -1.96. The molecule has 0 saturated heterocycles. The van der Waals surface area contributed by atoms with Crippen LogP contribution in [0.1, 0.15) is 23.8 Å². The average Bonchev–Trinajstić information content (AvgIpc) is 3.19. The molecule has 0 aliphatic rings. The van der Waals surface area contributed by atoms with Gasteiger partial charge in [0.2, 0.25) is 11.7 Å². The largest absolute Gasteiger partial charge is 0.338 e. The second kappa shape index (κ2) is 7.72. The first-order valence-electron chi connectivity index (χ1n) is 8.66. The first-order valence-corrected chi connectivity index (χ1v) is 9.54. The number of hydrogen-bond acceptors (Lipinski definition) is 6. The summed E-state index contributed by atoms with van der Waals surface area (Å²) in [5, 5.41) is 4.73. The molecule has 0 radical (unpaired) electrons. The van der Waals surface area contributed by atoms with Crippen LogP contribution in [0, 0.1) is 6.92 Å². The van der Waals surface area contributed by atoms with Crippen molar-refractivity contribution in [3.8, 4) is 22.6 Å². The zero-order chi connectivity index (χ0) is 18.6. The van der Waals surface area contributed by atoms with Gasteiger partial charge in [-0.3, -0.25) is 0 Å². The minimum atomic E-state index is -0.0552. The van der Waals surface area contributed by atoms with Crippen molar-refractivity contribution in [3.05, 3.63) is 78.3 Å². The summed E-state index contributed by atoms with van der Waals surface area (Å²) in [6, 6.07) is 21.9. The summed E-state index contributed by atoms with van der Waals surface area (Å²) >= 11 is 1.51. The van der Waals surface area contributed by atoms with Crippen LogP contribution < -0.4 is 0 Å². The minimum absolute atomic E-state index is 0.0552. The lowest BCUT2D eigenvalue weighted by Gasteiger charge is -2.08. The molecule has 134 valence electrons. The predicted molar refractivity (Wildman–Crippen MR) is 106 cm³/mol. The van der Waals surface area contributed by atoms with Gasteiger partial charge in [0, 0.05) is 16.8 Å². The van der Waals surface area contributed by atoms with Crippen molar-refractivity contribution in [3.63, 3.8) is 0 Å². The summed E-state index contributed by atoms with van der Waals surface area (Å²) in [6.07, 6.45) is 0. The third-order valence-corrected chi connectivity index (χ3v) is 4.96. The van der Waals surface area contributed by atoms with Gasteiger partial charge in [0.1, 0.15) is 0 Å². The summed E-state index contributed by atoms with van der Waals surface area (Å²) in [5.74, 6) is 1.15. The number of rotatable bonds is 5. The fraction of sp³-hybridized carbons (Fsp3) is 0.143. The van der Waals surface area contributed by atoms with E-state index in [4.69, 9.17) is 9.51 Å². The summed E-state index contributed by atoms with van der Waals surface area (Å²) in [4.78, 5) is 13.8. The molecule has 4 aromatic rings. The fourth-order valence-electron chi connectivity index (χ4n) is 2.66. The quantitative estimate of drug-likeness (QED) is 0.346. The molecule has 0 bridgehead atoms. The van der Waals surface area contributed by atoms with Gasteiger partial charge in [-0.2, -0.15) is 4.98 Å². The zero-order valence-corrected chi connectivity index (χ0v) is 15.9. The molecule has 2 aromatic carbocycles. The van der Waals surface area contributed by atoms with E-state index in [-0.39, 0.29) is 5.25 Å². The molecule has 27 heavy (non-hydrogen) atoms. The highest BCUT2D eigenvalue weighted by atomic mass is 32.2. The monoisotopic (exact) mass is 374 g/mol. The van der Waals surface area contributed by atoms with E-state index in [1.807, 2.05) is 80.6 Å². The van der Waals surface area contributed by atoms with E-state index < -0.39 is 0 Å². The lowest BCUT2D eigenvalue weighted by molar-refractivity contribution is 0.380. The van der Waals surface area contributed by atoms with Crippen molar-refractivity contribution in [1.29, 1.82) is 0 Å². The van der Waals surface area contributed by atoms with Crippen LogP contribution in [-0.4, -0.2) is 20.1 Å². The standard InChI is InChI=1S/C21H18N4OS/c1-14-13-18(16-9-5-3-6-10-16)23-21(22-14)27-15(2)20-24-19(25-26-20)17-11-7-4-8-12-17/h3-13,15H,1-2H3/t15-/m0/s1. The predicted octanol–water partition coefficient (Wildman–Crippen LogP) is 5.36. The van der Waals surface area contributed by atoms with Crippen LogP contribution in [0.25, 0.3) is 22.6 Å². The van der Waals surface area contributed by atoms with E-state index in [0.29, 0.717) is 16.9 Å². The third kappa shape index (κ3) is 4.06. The Hall–Kier alpha value is -2.99. The first kappa shape index (κ1) is 17.4. The Morgan fingerprint density at radius 1 is 0.852 bits per heavy atom. The molecule has 5 nitrogen and oxygen atoms in total. The van der Waals surface area contributed by atoms with E-state index in [9.17, 15) is 0 Å². The maximum atomic E-state index is 5.46. The van der Waals surface area contributed by atoms with E-state index in [1.165, 1.54) is 11.8 Å². The Bertz CT molecular complexity index is 1030. The van der Waals surface area contributed by atoms with Gasteiger partial charge in [-0.15, -0.1) is 0 Å². The molecule has 0 aliphatic carbocycles. The fourth-order valence-corrected chi connectivity index (χ4v) is 3.52. The van der Waals surface area contributed by atoms with Crippen molar-refractivity contribution in [1.82, 2.24) is 20.1 Å². The van der Waals surface area contributed by atoms with Gasteiger partial charge in [-0.25, -0.2) is 9.97 Å². The second-order valence-corrected chi connectivity index (χ2v) is 7.43. The molecule has 0 aliphatic heterocycles. The number of thioether (sulfide) groups is 1. The molecular weight excluding hydrogens is 356 g/mol. The summed E-state index contributed by atoms with van der Waals surface area (Å²) < 4.78 is 5.46. The highest BCUT2D eigenvalue weighted by molar-refractivity contribution is 7.99. The van der Waals surface area contributed by atoms with E-state index in [2.05, 4.69) is 15.1 Å². The van der Waals surface area contributed by atoms with Crippen molar-refractivity contribution in [2.75, 3.05) is 0 Å². The van der Waals surface area contributed by atoms with Crippen molar-refractivity contribution in [2.24, 2.45) is 0 Å². The molecule has 2 heterocycles. The second-order valence-electron chi connectivity index (χ2n) is 6.13. The van der Waals surface area contributed by atoms with Crippen molar-refractivity contribution in [2.45, 2.75) is 24.3 Å². The van der Waals surface area contributed by atoms with E-state index in [1.54, 1.807) is 0 Å². The molecule has 1 atom stereocenters. The van der Waals surface area contributed by atoms with Crippen LogP contribution in [0.4, 0.5) is 0 Å². The van der Waals surface area contributed by atoms with Crippen LogP contribution in [-0.2, 0) is 0 Å². The number of hydrogen-bond donors (Lipinski definition) is 0. The molecule has 0 N–H and O–H groups in total. The summed E-state index contributed by atoms with van der Waals surface area (Å²) in [6.45, 7) is 3.99.